The normalized spacial score (nSPS) is 18.0. The van der Waals surface area contributed by atoms with Gasteiger partial charge in [0.05, 0.1) is 11.0 Å². The van der Waals surface area contributed by atoms with E-state index < -0.39 is 6.29 Å². The summed E-state index contributed by atoms with van der Waals surface area (Å²) in [5.41, 5.74) is 2.91. The van der Waals surface area contributed by atoms with Crippen LogP contribution in [0.25, 0.3) is 11.0 Å². The Morgan fingerprint density at radius 3 is 2.72 bits per heavy atom. The maximum Gasteiger partial charge on any atom is 0.214 e. The van der Waals surface area contributed by atoms with Gasteiger partial charge in [-0.2, -0.15) is 0 Å². The van der Waals surface area contributed by atoms with Crippen molar-refractivity contribution in [2.75, 3.05) is 32.1 Å². The third kappa shape index (κ3) is 4.00. The van der Waals surface area contributed by atoms with Gasteiger partial charge in [0.2, 0.25) is 6.29 Å². The number of nitrogens with zero attached hydrogens (tertiary/aromatic N) is 3. The first-order chi connectivity index (χ1) is 12.0. The van der Waals surface area contributed by atoms with Gasteiger partial charge in [-0.05, 0) is 74.9 Å². The second-order valence-corrected chi connectivity index (χ2v) is 7.42. The van der Waals surface area contributed by atoms with Gasteiger partial charge in [-0.3, -0.25) is 0 Å². The van der Waals surface area contributed by atoms with Crippen LogP contribution in [0.4, 0.5) is 5.69 Å². The number of hydrogen-bond donors (Lipinski definition) is 2. The van der Waals surface area contributed by atoms with Crippen molar-refractivity contribution in [2.24, 2.45) is 0 Å². The summed E-state index contributed by atoms with van der Waals surface area (Å²) in [6, 6.07) is 4.65. The predicted octanol–water partition coefficient (Wildman–Crippen LogP) is 3.35. The summed E-state index contributed by atoms with van der Waals surface area (Å²) in [6.45, 7) is 7.31. The lowest BCUT2D eigenvalue weighted by Gasteiger charge is -2.30. The summed E-state index contributed by atoms with van der Waals surface area (Å²) in [4.78, 5) is 7.00. The van der Waals surface area contributed by atoms with Crippen LogP contribution in [0.15, 0.2) is 16.6 Å². The highest BCUT2D eigenvalue weighted by molar-refractivity contribution is 9.10. The van der Waals surface area contributed by atoms with Crippen LogP contribution in [-0.2, 0) is 11.3 Å². The minimum atomic E-state index is -1.01. The molecule has 1 atom stereocenters. The average Bonchev–Trinajstić information content (AvgIpc) is 2.96. The molecule has 1 aliphatic rings. The van der Waals surface area contributed by atoms with E-state index in [2.05, 4.69) is 50.3 Å². The van der Waals surface area contributed by atoms with Crippen LogP contribution in [0.5, 0.6) is 0 Å². The minimum absolute atomic E-state index is 0.443. The van der Waals surface area contributed by atoms with Crippen molar-refractivity contribution in [3.63, 3.8) is 0 Å². The SMILES string of the molecule is CCOC(O)c1nc2cc(NC3CCN(C)CC3)cc(Br)c2n1CC. The third-order valence-corrected chi connectivity index (χ3v) is 5.38. The van der Waals surface area contributed by atoms with Gasteiger partial charge in [-0.25, -0.2) is 4.98 Å². The zero-order valence-electron chi connectivity index (χ0n) is 15.1. The summed E-state index contributed by atoms with van der Waals surface area (Å²) in [6.07, 6.45) is 1.28. The van der Waals surface area contributed by atoms with Gasteiger partial charge in [0.15, 0.2) is 5.82 Å². The van der Waals surface area contributed by atoms with E-state index in [0.29, 0.717) is 18.5 Å². The number of aliphatic hydroxyl groups excluding tert-OH is 1. The van der Waals surface area contributed by atoms with E-state index in [1.54, 1.807) is 0 Å². The quantitative estimate of drug-likeness (QED) is 0.714. The topological polar surface area (TPSA) is 62.6 Å². The number of aromatic nitrogens is 2. The van der Waals surface area contributed by atoms with Crippen LogP contribution in [0.1, 0.15) is 38.8 Å². The van der Waals surface area contributed by atoms with Gasteiger partial charge in [-0.15, -0.1) is 0 Å². The van der Waals surface area contributed by atoms with Crippen LogP contribution in [0.3, 0.4) is 0 Å². The molecule has 7 heteroatoms. The van der Waals surface area contributed by atoms with Crippen LogP contribution in [-0.4, -0.2) is 52.3 Å². The third-order valence-electron chi connectivity index (χ3n) is 4.78. The number of halogens is 1. The summed E-state index contributed by atoms with van der Waals surface area (Å²) < 4.78 is 8.31. The summed E-state index contributed by atoms with van der Waals surface area (Å²) in [7, 11) is 2.17. The maximum absolute atomic E-state index is 10.2. The largest absolute Gasteiger partial charge is 0.382 e. The number of fused-ring (bicyclic) bond motifs is 1. The first kappa shape index (κ1) is 18.6. The lowest BCUT2D eigenvalue weighted by Crippen LogP contribution is -2.36. The number of benzene rings is 1. The maximum atomic E-state index is 10.2. The molecule has 2 N–H and O–H groups in total. The molecule has 0 bridgehead atoms. The van der Waals surface area contributed by atoms with E-state index in [1.165, 1.54) is 0 Å². The van der Waals surface area contributed by atoms with Crippen molar-refractivity contribution in [3.8, 4) is 0 Å². The number of imidazole rings is 1. The smallest absolute Gasteiger partial charge is 0.214 e. The van der Waals surface area contributed by atoms with Gasteiger partial charge in [-0.1, -0.05) is 0 Å². The summed E-state index contributed by atoms with van der Waals surface area (Å²) >= 11 is 3.68. The number of ether oxygens (including phenoxy) is 1. The van der Waals surface area contributed by atoms with Gasteiger partial charge in [0.25, 0.3) is 0 Å². The molecule has 1 saturated heterocycles. The van der Waals surface area contributed by atoms with Crippen LogP contribution < -0.4 is 5.32 Å². The van der Waals surface area contributed by atoms with E-state index in [9.17, 15) is 5.11 Å². The van der Waals surface area contributed by atoms with Crippen molar-refractivity contribution in [2.45, 2.75) is 45.6 Å². The highest BCUT2D eigenvalue weighted by Gasteiger charge is 2.21. The zero-order chi connectivity index (χ0) is 18.0. The monoisotopic (exact) mass is 410 g/mol. The van der Waals surface area contributed by atoms with Crippen LogP contribution in [0, 0.1) is 0 Å². The van der Waals surface area contributed by atoms with Gasteiger partial charge in [0, 0.05) is 29.4 Å². The van der Waals surface area contributed by atoms with Crippen molar-refractivity contribution in [3.05, 3.63) is 22.4 Å². The highest BCUT2D eigenvalue weighted by Crippen LogP contribution is 2.32. The molecule has 138 valence electrons. The van der Waals surface area contributed by atoms with E-state index in [1.807, 2.05) is 18.4 Å². The number of likely N-dealkylation sites (tertiary alicyclic amines) is 1. The van der Waals surface area contributed by atoms with Crippen molar-refractivity contribution < 1.29 is 9.84 Å². The second kappa shape index (κ2) is 8.03. The molecule has 2 aromatic rings. The number of aliphatic hydroxyl groups is 1. The highest BCUT2D eigenvalue weighted by atomic mass is 79.9. The summed E-state index contributed by atoms with van der Waals surface area (Å²) in [5.74, 6) is 0.552. The molecular formula is C18H27BrN4O2. The first-order valence-electron chi connectivity index (χ1n) is 8.97. The fourth-order valence-corrected chi connectivity index (χ4v) is 4.11. The van der Waals surface area contributed by atoms with E-state index in [4.69, 9.17) is 4.74 Å². The Balaban J connectivity index is 1.90. The standard InChI is InChI=1S/C18H27BrN4O2/c1-4-23-16-14(19)10-13(20-12-6-8-22(3)9-7-12)11-15(16)21-17(23)18(24)25-5-2/h10-12,18,20,24H,4-9H2,1-3H3. The molecule has 1 unspecified atom stereocenters. The van der Waals surface area contributed by atoms with Crippen LogP contribution in [0.2, 0.25) is 0 Å². The number of anilines is 1. The van der Waals surface area contributed by atoms with Crippen LogP contribution >= 0.6 is 15.9 Å². The molecule has 0 amide bonds. The Labute approximate surface area is 157 Å². The molecule has 3 rings (SSSR count). The minimum Gasteiger partial charge on any atom is -0.382 e. The Morgan fingerprint density at radius 2 is 2.08 bits per heavy atom. The molecule has 0 radical (unpaired) electrons. The van der Waals surface area contributed by atoms with Gasteiger partial charge in [0.1, 0.15) is 0 Å². The molecule has 1 fully saturated rings. The number of rotatable bonds is 6. The van der Waals surface area contributed by atoms with Gasteiger partial charge < -0.3 is 24.6 Å². The van der Waals surface area contributed by atoms with Crippen molar-refractivity contribution in [1.82, 2.24) is 14.5 Å². The Bertz CT molecular complexity index is 725. The first-order valence-corrected chi connectivity index (χ1v) is 9.77. The second-order valence-electron chi connectivity index (χ2n) is 6.57. The molecule has 6 nitrogen and oxygen atoms in total. The lowest BCUT2D eigenvalue weighted by molar-refractivity contribution is -0.105. The number of hydrogen-bond acceptors (Lipinski definition) is 5. The zero-order valence-corrected chi connectivity index (χ0v) is 16.7. The summed E-state index contributed by atoms with van der Waals surface area (Å²) in [5, 5.41) is 13.9. The Morgan fingerprint density at radius 1 is 1.36 bits per heavy atom. The molecule has 2 heterocycles. The number of nitrogens with one attached hydrogen (secondary N) is 1. The molecule has 0 aliphatic carbocycles. The predicted molar refractivity (Wildman–Crippen MR) is 104 cm³/mol. The molecule has 1 aliphatic heterocycles. The lowest BCUT2D eigenvalue weighted by atomic mass is 10.1. The number of piperidine rings is 1. The molecule has 0 saturated carbocycles. The van der Waals surface area contributed by atoms with Crippen molar-refractivity contribution in [1.29, 1.82) is 0 Å². The van der Waals surface area contributed by atoms with E-state index in [0.717, 1.165) is 53.7 Å². The molecular weight excluding hydrogens is 384 g/mol. The number of aryl methyl sites for hydroxylation is 1. The van der Waals surface area contributed by atoms with E-state index in [-0.39, 0.29) is 0 Å². The van der Waals surface area contributed by atoms with Gasteiger partial charge >= 0.3 is 0 Å². The molecule has 0 spiro atoms. The average molecular weight is 411 g/mol. The molecule has 1 aromatic carbocycles. The van der Waals surface area contributed by atoms with Crippen molar-refractivity contribution >= 4 is 32.7 Å². The molecule has 1 aromatic heterocycles. The molecule has 25 heavy (non-hydrogen) atoms. The fraction of sp³-hybridized carbons (Fsp3) is 0.611. The van der Waals surface area contributed by atoms with E-state index >= 15 is 0 Å². The Hall–Kier alpha value is -1.15. The fourth-order valence-electron chi connectivity index (χ4n) is 3.45. The Kier molecular flexibility index (Phi) is 5.99.